The number of rotatable bonds is 16. The second-order valence-electron chi connectivity index (χ2n) is 31.3. The number of pyridine rings is 8. The van der Waals surface area contributed by atoms with Gasteiger partial charge in [0.05, 0.1) is 117 Å². The molecule has 0 saturated carbocycles. The van der Waals surface area contributed by atoms with Crippen molar-refractivity contribution in [3.05, 3.63) is 244 Å². The number of fused-ring (bicyclic) bond motifs is 4. The summed E-state index contributed by atoms with van der Waals surface area (Å²) in [6.45, 7) is 11.9. The number of hydrogen-bond acceptors (Lipinski definition) is 28. The summed E-state index contributed by atoms with van der Waals surface area (Å²) in [6, 6.07) is 36.0. The first-order chi connectivity index (χ1) is 60.4. The summed E-state index contributed by atoms with van der Waals surface area (Å²) in [7, 11) is 0. The molecule has 4 fully saturated rings. The zero-order valence-electron chi connectivity index (χ0n) is 68.4. The molecule has 20 rings (SSSR count). The Bertz CT molecular complexity index is 5660. The Morgan fingerprint density at radius 3 is 0.718 bits per heavy atom. The highest BCUT2D eigenvalue weighted by molar-refractivity contribution is 5.79. The smallest absolute Gasteiger partial charge is 0.229 e. The van der Waals surface area contributed by atoms with Gasteiger partial charge in [0.2, 0.25) is 23.8 Å². The topological polar surface area (TPSA) is 389 Å². The van der Waals surface area contributed by atoms with E-state index < -0.39 is 23.3 Å². The van der Waals surface area contributed by atoms with Gasteiger partial charge in [0, 0.05) is 124 Å². The number of hydrogen-bond donors (Lipinski definition) is 8. The minimum Gasteiger partial charge on any atom is -0.366 e. The van der Waals surface area contributed by atoms with Crippen LogP contribution in [0.3, 0.4) is 0 Å². The average Bonchev–Trinajstić information content (AvgIpc) is 1.54. The molecule has 32 nitrogen and oxygen atoms in total. The van der Waals surface area contributed by atoms with Crippen molar-refractivity contribution in [2.75, 3.05) is 67.0 Å². The molecule has 36 heteroatoms. The lowest BCUT2D eigenvalue weighted by Gasteiger charge is -2.39. The first-order valence-electron chi connectivity index (χ1n) is 41.2. The zero-order valence-corrected chi connectivity index (χ0v) is 68.4. The number of anilines is 12. The van der Waals surface area contributed by atoms with Gasteiger partial charge >= 0.3 is 0 Å². The maximum atomic E-state index is 14.2. The fourth-order valence-corrected chi connectivity index (χ4v) is 16.0. The number of halogens is 4. The molecule has 4 aliphatic heterocycles. The number of nitrogens with zero attached hydrogens (tertiary/aromatic N) is 24. The van der Waals surface area contributed by atoms with Crippen molar-refractivity contribution in [2.45, 2.75) is 127 Å². The molecule has 0 spiro atoms. The van der Waals surface area contributed by atoms with Crippen LogP contribution in [0.5, 0.6) is 0 Å². The highest BCUT2D eigenvalue weighted by atomic mass is 19.1. The fourth-order valence-electron chi connectivity index (χ4n) is 16.0. The lowest BCUT2D eigenvalue weighted by molar-refractivity contribution is 0.437. The Kier molecular flexibility index (Phi) is 24.1. The Labute approximate surface area is 710 Å². The lowest BCUT2D eigenvalue weighted by atomic mass is 9.99. The molecule has 0 amide bonds. The van der Waals surface area contributed by atoms with E-state index in [1.165, 1.54) is 24.3 Å². The molecule has 0 bridgehead atoms. The second kappa shape index (κ2) is 36.5. The Morgan fingerprint density at radius 2 is 0.500 bits per heavy atom. The van der Waals surface area contributed by atoms with Crippen molar-refractivity contribution in [2.24, 2.45) is 22.9 Å². The molecule has 0 radical (unpaired) electrons. The van der Waals surface area contributed by atoms with Crippen molar-refractivity contribution < 1.29 is 17.6 Å². The van der Waals surface area contributed by atoms with Gasteiger partial charge in [-0.1, -0.05) is 0 Å². The molecule has 124 heavy (non-hydrogen) atoms. The molecule has 0 unspecified atom stereocenters. The zero-order chi connectivity index (χ0) is 85.5. The molecule has 16 aromatic heterocycles. The van der Waals surface area contributed by atoms with E-state index >= 15 is 0 Å². The maximum Gasteiger partial charge on any atom is 0.229 e. The maximum absolute atomic E-state index is 14.2. The van der Waals surface area contributed by atoms with Gasteiger partial charge in [-0.2, -0.15) is 38.5 Å². The highest BCUT2D eigenvalue weighted by Crippen LogP contribution is 2.39. The summed E-state index contributed by atoms with van der Waals surface area (Å²) < 4.78 is 63.4. The molecular formula is C88H92F4N32. The standard InChI is InChI=1S/4C22H23FN8/c4*1-14-4-5-15(24)13-30(14)20-8-10-25-12-19(20)28-22-27-11-16-6-7-18(29-31(16)22)21-17(23)3-2-9-26-21/h4*2-3,6-12,14-15H,4-5,13,24H2,1H3,(H,27,28)/t2*14-,15+;2*14-,15-/m1010/s1. The van der Waals surface area contributed by atoms with Crippen LogP contribution in [0.15, 0.2) is 220 Å². The minimum atomic E-state index is -0.422. The first kappa shape index (κ1) is 82.0. The molecule has 0 aliphatic carbocycles. The van der Waals surface area contributed by atoms with Crippen LogP contribution in [0.25, 0.3) is 67.6 Å². The third-order valence-corrected chi connectivity index (χ3v) is 22.6. The molecule has 4 aliphatic rings. The molecule has 12 N–H and O–H groups in total. The molecule has 4 saturated heterocycles. The first-order valence-corrected chi connectivity index (χ1v) is 41.2. The van der Waals surface area contributed by atoms with Gasteiger partial charge in [-0.25, -0.2) is 37.5 Å². The van der Waals surface area contributed by atoms with Crippen molar-refractivity contribution >= 4 is 91.4 Å². The number of aromatic nitrogens is 20. The molecular weight excluding hydrogens is 1580 g/mol. The van der Waals surface area contributed by atoms with Crippen LogP contribution in [-0.2, 0) is 0 Å². The number of nitrogens with one attached hydrogen (secondary N) is 4. The normalized spacial score (nSPS) is 19.0. The van der Waals surface area contributed by atoms with Gasteiger partial charge in [-0.3, -0.25) is 39.9 Å². The van der Waals surface area contributed by atoms with Gasteiger partial charge in [0.1, 0.15) is 45.6 Å². The van der Waals surface area contributed by atoms with Crippen LogP contribution >= 0.6 is 0 Å². The summed E-state index contributed by atoms with van der Waals surface area (Å²) in [5, 5.41) is 31.7. The summed E-state index contributed by atoms with van der Waals surface area (Å²) in [5.41, 5.74) is 37.8. The van der Waals surface area contributed by atoms with E-state index in [1.54, 1.807) is 166 Å². The van der Waals surface area contributed by atoms with Crippen LogP contribution in [0.2, 0.25) is 0 Å². The SMILES string of the molecule is C[C@@H]1CC[C@@H](N)CN1c1ccncc1Nc1ncc2ccc(-c3ncccc3F)nn12.C[C@@H]1CC[C@H](N)CN1c1ccncc1Nc1ncc2ccc(-c3ncccc3F)nn12.C[C@H]1CC[C@@H](N)CN1c1ccncc1Nc1ncc2ccc(-c3ncccc3F)nn12.C[C@H]1CC[C@H](N)CN1c1ccncc1Nc1ncc2ccc(-c3ncccc3F)nn12. The predicted octanol–water partition coefficient (Wildman–Crippen LogP) is 13.5. The van der Waals surface area contributed by atoms with Crippen LogP contribution in [0.1, 0.15) is 79.1 Å². The average molecular weight is 1670 g/mol. The highest BCUT2D eigenvalue weighted by Gasteiger charge is 2.31. The van der Waals surface area contributed by atoms with E-state index in [4.69, 9.17) is 22.9 Å². The van der Waals surface area contributed by atoms with Crippen molar-refractivity contribution in [3.63, 3.8) is 0 Å². The third-order valence-electron chi connectivity index (χ3n) is 22.6. The van der Waals surface area contributed by atoms with E-state index in [-0.39, 0.29) is 46.9 Å². The number of piperidine rings is 4. The summed E-state index contributed by atoms with van der Waals surface area (Å²) >= 11 is 0. The van der Waals surface area contributed by atoms with Crippen LogP contribution < -0.4 is 63.8 Å². The van der Waals surface area contributed by atoms with Crippen LogP contribution in [0, 0.1) is 23.3 Å². The molecule has 16 aromatic rings. The molecule has 8 atom stereocenters. The Morgan fingerprint density at radius 1 is 0.274 bits per heavy atom. The van der Waals surface area contributed by atoms with Crippen molar-refractivity contribution in [3.8, 4) is 45.6 Å². The van der Waals surface area contributed by atoms with Crippen molar-refractivity contribution in [1.29, 1.82) is 0 Å². The van der Waals surface area contributed by atoms with E-state index in [0.717, 1.165) is 145 Å². The summed E-state index contributed by atoms with van der Waals surface area (Å²) in [6.07, 6.45) is 35.4. The molecule has 0 aromatic carbocycles. The van der Waals surface area contributed by atoms with Crippen LogP contribution in [-0.4, -0.2) is 173 Å². The van der Waals surface area contributed by atoms with Gasteiger partial charge < -0.3 is 63.8 Å². The number of nitrogens with two attached hydrogens (primary N) is 4. The summed E-state index contributed by atoms with van der Waals surface area (Å²) in [5.74, 6) is 0.353. The Hall–Kier alpha value is -14.4. The van der Waals surface area contributed by atoms with E-state index in [9.17, 15) is 17.6 Å². The van der Waals surface area contributed by atoms with Gasteiger partial charge in [0.15, 0.2) is 23.3 Å². The van der Waals surface area contributed by atoms with E-state index in [0.29, 0.717) is 70.7 Å². The number of imidazole rings is 4. The molecule has 20 heterocycles. The molecule has 632 valence electrons. The fraction of sp³-hybridized carbons (Fsp3) is 0.273. The quantitative estimate of drug-likeness (QED) is 0.0417. The van der Waals surface area contributed by atoms with E-state index in [2.05, 4.69) is 149 Å². The van der Waals surface area contributed by atoms with Gasteiger partial charge in [0.25, 0.3) is 0 Å². The van der Waals surface area contributed by atoms with Crippen molar-refractivity contribution in [1.82, 2.24) is 98.3 Å². The van der Waals surface area contributed by atoms with Gasteiger partial charge in [-0.05, 0) is 200 Å². The largest absolute Gasteiger partial charge is 0.366 e. The van der Waals surface area contributed by atoms with E-state index in [1.807, 2.05) is 48.5 Å². The van der Waals surface area contributed by atoms with Crippen LogP contribution in [0.4, 0.5) is 86.9 Å². The monoisotopic (exact) mass is 1670 g/mol. The minimum absolute atomic E-state index is 0.141. The third kappa shape index (κ3) is 17.9. The van der Waals surface area contributed by atoms with Gasteiger partial charge in [-0.15, -0.1) is 0 Å². The lowest BCUT2D eigenvalue weighted by Crippen LogP contribution is -2.47. The second-order valence-corrected chi connectivity index (χ2v) is 31.3. The predicted molar refractivity (Wildman–Crippen MR) is 471 cm³/mol. The summed E-state index contributed by atoms with van der Waals surface area (Å²) in [4.78, 5) is 60.7. The Balaban J connectivity index is 0.000000117.